The van der Waals surface area contributed by atoms with Crippen molar-refractivity contribution in [2.24, 2.45) is 5.41 Å². The third-order valence-electron chi connectivity index (χ3n) is 2.78. The molecule has 0 aliphatic heterocycles. The van der Waals surface area contributed by atoms with E-state index in [1.54, 1.807) is 0 Å². The van der Waals surface area contributed by atoms with Crippen LogP contribution < -0.4 is 0 Å². The lowest BCUT2D eigenvalue weighted by atomic mass is 9.77. The highest BCUT2D eigenvalue weighted by Crippen LogP contribution is 2.33. The van der Waals surface area contributed by atoms with E-state index in [-0.39, 0.29) is 18.6 Å². The summed E-state index contributed by atoms with van der Waals surface area (Å²) in [5, 5.41) is 17.6. The molecule has 0 heterocycles. The van der Waals surface area contributed by atoms with E-state index < -0.39 is 0 Å². The normalized spacial score (nSPS) is 12.0. The van der Waals surface area contributed by atoms with E-state index in [9.17, 15) is 0 Å². The van der Waals surface area contributed by atoms with Crippen LogP contribution in [0.15, 0.2) is 0 Å². The van der Waals surface area contributed by atoms with Gasteiger partial charge in [-0.2, -0.15) is 0 Å². The highest BCUT2D eigenvalue weighted by molar-refractivity contribution is 4.75. The molecule has 0 bridgehead atoms. The average Bonchev–Trinajstić information content (AvgIpc) is 2.04. The van der Waals surface area contributed by atoms with Gasteiger partial charge in [0.1, 0.15) is 0 Å². The van der Waals surface area contributed by atoms with E-state index >= 15 is 0 Å². The monoisotopic (exact) mass is 160 g/mol. The van der Waals surface area contributed by atoms with E-state index in [2.05, 4.69) is 13.8 Å². The van der Waals surface area contributed by atoms with E-state index in [1.807, 2.05) is 0 Å². The Morgan fingerprint density at radius 2 is 1.27 bits per heavy atom. The van der Waals surface area contributed by atoms with Gasteiger partial charge in [-0.25, -0.2) is 0 Å². The summed E-state index contributed by atoms with van der Waals surface area (Å²) in [6.45, 7) is 4.72. The highest BCUT2D eigenvalue weighted by Gasteiger charge is 2.24. The Morgan fingerprint density at radius 1 is 0.909 bits per heavy atom. The van der Waals surface area contributed by atoms with Gasteiger partial charge >= 0.3 is 0 Å². The first kappa shape index (κ1) is 10.9. The van der Waals surface area contributed by atoms with Crippen LogP contribution in [0.1, 0.15) is 39.5 Å². The fraction of sp³-hybridized carbons (Fsp3) is 1.00. The van der Waals surface area contributed by atoms with Gasteiger partial charge in [-0.1, -0.05) is 26.7 Å². The highest BCUT2D eigenvalue weighted by atomic mass is 16.3. The first-order chi connectivity index (χ1) is 5.24. The maximum atomic E-state index is 8.81. The molecular weight excluding hydrogens is 140 g/mol. The smallest absolute Gasteiger partial charge is 0.0436 e. The van der Waals surface area contributed by atoms with Crippen LogP contribution in [0.4, 0.5) is 0 Å². The zero-order chi connectivity index (χ0) is 8.74. The zero-order valence-electron chi connectivity index (χ0n) is 7.64. The summed E-state index contributed by atoms with van der Waals surface area (Å²) in [4.78, 5) is 0. The van der Waals surface area contributed by atoms with E-state index in [4.69, 9.17) is 10.2 Å². The fourth-order valence-corrected chi connectivity index (χ4v) is 1.56. The van der Waals surface area contributed by atoms with Crippen LogP contribution in [0.3, 0.4) is 0 Å². The third kappa shape index (κ3) is 3.21. The predicted molar refractivity (Wildman–Crippen MR) is 46.4 cm³/mol. The molecule has 0 aliphatic rings. The fourth-order valence-electron chi connectivity index (χ4n) is 1.56. The van der Waals surface area contributed by atoms with Crippen molar-refractivity contribution in [2.75, 3.05) is 13.2 Å². The second-order valence-electron chi connectivity index (χ2n) is 3.15. The maximum Gasteiger partial charge on any atom is 0.0436 e. The molecule has 0 rings (SSSR count). The first-order valence-corrected chi connectivity index (χ1v) is 4.46. The molecule has 2 heteroatoms. The quantitative estimate of drug-likeness (QED) is 0.619. The van der Waals surface area contributed by atoms with Gasteiger partial charge in [-0.15, -0.1) is 0 Å². The van der Waals surface area contributed by atoms with E-state index in [0.717, 1.165) is 25.7 Å². The molecule has 11 heavy (non-hydrogen) atoms. The number of aliphatic hydroxyl groups is 2. The molecule has 0 spiro atoms. The lowest BCUT2D eigenvalue weighted by Gasteiger charge is -2.30. The van der Waals surface area contributed by atoms with Crippen molar-refractivity contribution in [1.29, 1.82) is 0 Å². The predicted octanol–water partition coefficient (Wildman–Crippen LogP) is 1.56. The van der Waals surface area contributed by atoms with Gasteiger partial charge < -0.3 is 10.2 Å². The maximum absolute atomic E-state index is 8.81. The van der Waals surface area contributed by atoms with Gasteiger partial charge in [0.05, 0.1) is 0 Å². The molecule has 0 aliphatic carbocycles. The molecular formula is C9H20O2. The van der Waals surface area contributed by atoms with Crippen LogP contribution in [-0.2, 0) is 0 Å². The second kappa shape index (κ2) is 5.56. The lowest BCUT2D eigenvalue weighted by Crippen LogP contribution is -2.21. The minimum Gasteiger partial charge on any atom is -0.396 e. The van der Waals surface area contributed by atoms with Crippen molar-refractivity contribution in [1.82, 2.24) is 0 Å². The minimum atomic E-state index is 0.184. The van der Waals surface area contributed by atoms with Gasteiger partial charge in [0.25, 0.3) is 0 Å². The van der Waals surface area contributed by atoms with Gasteiger partial charge in [0.2, 0.25) is 0 Å². The number of hydrogen-bond donors (Lipinski definition) is 2. The molecule has 0 saturated carbocycles. The molecule has 0 unspecified atom stereocenters. The molecule has 0 saturated heterocycles. The molecule has 2 nitrogen and oxygen atoms in total. The average molecular weight is 160 g/mol. The van der Waals surface area contributed by atoms with Crippen molar-refractivity contribution in [3.63, 3.8) is 0 Å². The molecule has 0 aromatic carbocycles. The molecule has 0 aromatic heterocycles. The van der Waals surface area contributed by atoms with Crippen LogP contribution in [0.25, 0.3) is 0 Å². The SMILES string of the molecule is CCC(CC)(CCO)CCO. The summed E-state index contributed by atoms with van der Waals surface area (Å²) in [5.74, 6) is 0. The summed E-state index contributed by atoms with van der Waals surface area (Å²) in [6, 6.07) is 0. The Balaban J connectivity index is 3.96. The molecule has 68 valence electrons. The summed E-state index contributed by atoms with van der Waals surface area (Å²) in [7, 11) is 0. The Bertz CT molecular complexity index is 79.6. The van der Waals surface area contributed by atoms with Crippen LogP contribution in [0.5, 0.6) is 0 Å². The number of aliphatic hydroxyl groups excluding tert-OH is 2. The Kier molecular flexibility index (Phi) is 5.51. The van der Waals surface area contributed by atoms with Gasteiger partial charge in [-0.3, -0.25) is 0 Å². The lowest BCUT2D eigenvalue weighted by molar-refractivity contribution is 0.124. The Morgan fingerprint density at radius 3 is 1.45 bits per heavy atom. The number of hydrogen-bond acceptors (Lipinski definition) is 2. The Labute approximate surface area is 69.2 Å². The van der Waals surface area contributed by atoms with E-state index in [0.29, 0.717) is 0 Å². The van der Waals surface area contributed by atoms with Crippen molar-refractivity contribution in [3.8, 4) is 0 Å². The molecule has 0 atom stereocenters. The van der Waals surface area contributed by atoms with Crippen molar-refractivity contribution < 1.29 is 10.2 Å². The van der Waals surface area contributed by atoms with Crippen LogP contribution in [0, 0.1) is 5.41 Å². The molecule has 0 aromatic rings. The molecule has 2 N–H and O–H groups in total. The molecule has 0 fully saturated rings. The van der Waals surface area contributed by atoms with Gasteiger partial charge in [-0.05, 0) is 18.3 Å². The van der Waals surface area contributed by atoms with E-state index in [1.165, 1.54) is 0 Å². The molecule has 0 radical (unpaired) electrons. The summed E-state index contributed by atoms with van der Waals surface area (Å²) < 4.78 is 0. The van der Waals surface area contributed by atoms with Gasteiger partial charge in [0.15, 0.2) is 0 Å². The van der Waals surface area contributed by atoms with Crippen LogP contribution >= 0.6 is 0 Å². The Hall–Kier alpha value is -0.0800. The minimum absolute atomic E-state index is 0.184. The standard InChI is InChI=1S/C9H20O2/c1-3-9(4-2,5-7-10)6-8-11/h10-11H,3-8H2,1-2H3. The summed E-state index contributed by atoms with van der Waals surface area (Å²) in [5.41, 5.74) is 0.184. The van der Waals surface area contributed by atoms with Gasteiger partial charge in [0, 0.05) is 13.2 Å². The zero-order valence-corrected chi connectivity index (χ0v) is 7.64. The van der Waals surface area contributed by atoms with Crippen LogP contribution in [0.2, 0.25) is 0 Å². The van der Waals surface area contributed by atoms with Crippen LogP contribution in [-0.4, -0.2) is 23.4 Å². The largest absolute Gasteiger partial charge is 0.396 e. The van der Waals surface area contributed by atoms with Crippen molar-refractivity contribution in [3.05, 3.63) is 0 Å². The van der Waals surface area contributed by atoms with Crippen molar-refractivity contribution in [2.45, 2.75) is 39.5 Å². The summed E-state index contributed by atoms with van der Waals surface area (Å²) >= 11 is 0. The van der Waals surface area contributed by atoms with Crippen molar-refractivity contribution >= 4 is 0 Å². The second-order valence-corrected chi connectivity index (χ2v) is 3.15. The third-order valence-corrected chi connectivity index (χ3v) is 2.78. The summed E-state index contributed by atoms with van der Waals surface area (Å²) in [6.07, 6.45) is 3.73. The topological polar surface area (TPSA) is 40.5 Å². The number of rotatable bonds is 6. The first-order valence-electron chi connectivity index (χ1n) is 4.46. The molecule has 0 amide bonds.